The number of anilines is 2. The van der Waals surface area contributed by atoms with Crippen LogP contribution in [0.25, 0.3) is 0 Å². The first-order chi connectivity index (χ1) is 12.0. The number of hydrogen-bond donors (Lipinski definition) is 2. The Bertz CT molecular complexity index is 885. The van der Waals surface area contributed by atoms with E-state index in [9.17, 15) is 13.2 Å². The average molecular weight is 362 g/mol. The number of hydrogen-bond acceptors (Lipinski definition) is 7. The number of nitrogens with one attached hydrogen (secondary N) is 2. The molecular formula is C16H18N4O4S. The molecule has 0 aliphatic carbocycles. The van der Waals surface area contributed by atoms with Gasteiger partial charge in [-0.3, -0.25) is 4.79 Å². The van der Waals surface area contributed by atoms with E-state index < -0.39 is 15.7 Å². The number of aromatic nitrogens is 2. The molecule has 9 heteroatoms. The topological polar surface area (TPSA) is 110 Å². The standard InChI is InChI=1S/C16H18N4O4S/c1-24-14-5-3-2-4-12(14)19-16-17-8-6-13(20-16)15(21)18-11-7-9-25(22,23)10-11/h2-6,8,11H,7,9-10H2,1H3,(H,18,21)(H,17,19,20). The molecule has 25 heavy (non-hydrogen) atoms. The normalized spacial score (nSPS) is 18.5. The van der Waals surface area contributed by atoms with Crippen molar-refractivity contribution in [1.82, 2.24) is 15.3 Å². The first-order valence-corrected chi connectivity index (χ1v) is 9.53. The number of ether oxygens (including phenoxy) is 1. The van der Waals surface area contributed by atoms with Crippen molar-refractivity contribution in [3.63, 3.8) is 0 Å². The number of nitrogens with zero attached hydrogens (tertiary/aromatic N) is 2. The monoisotopic (exact) mass is 362 g/mol. The van der Waals surface area contributed by atoms with E-state index in [1.165, 1.54) is 12.3 Å². The van der Waals surface area contributed by atoms with Gasteiger partial charge in [0.1, 0.15) is 11.4 Å². The number of sulfone groups is 1. The predicted octanol–water partition coefficient (Wildman–Crippen LogP) is 1.15. The largest absolute Gasteiger partial charge is 0.495 e. The zero-order valence-electron chi connectivity index (χ0n) is 13.6. The molecule has 1 aromatic carbocycles. The van der Waals surface area contributed by atoms with Gasteiger partial charge in [-0.25, -0.2) is 18.4 Å². The lowest BCUT2D eigenvalue weighted by atomic mass is 10.2. The number of carbonyl (C=O) groups is 1. The smallest absolute Gasteiger partial charge is 0.270 e. The number of amides is 1. The predicted molar refractivity (Wildman–Crippen MR) is 92.8 cm³/mol. The molecule has 1 amide bonds. The average Bonchev–Trinajstić information content (AvgIpc) is 2.94. The van der Waals surface area contributed by atoms with Gasteiger partial charge in [0.25, 0.3) is 5.91 Å². The van der Waals surface area contributed by atoms with Crippen LogP contribution in [0.5, 0.6) is 5.75 Å². The second-order valence-corrected chi connectivity index (χ2v) is 7.89. The molecule has 0 radical (unpaired) electrons. The third-order valence-electron chi connectivity index (χ3n) is 3.81. The molecule has 1 aliphatic heterocycles. The molecule has 1 fully saturated rings. The fraction of sp³-hybridized carbons (Fsp3) is 0.312. The molecular weight excluding hydrogens is 344 g/mol. The van der Waals surface area contributed by atoms with Crippen LogP contribution in [0.3, 0.4) is 0 Å². The first kappa shape index (κ1) is 17.2. The highest BCUT2D eigenvalue weighted by atomic mass is 32.2. The molecule has 3 rings (SSSR count). The maximum Gasteiger partial charge on any atom is 0.270 e. The van der Waals surface area contributed by atoms with Crippen LogP contribution >= 0.6 is 0 Å². The van der Waals surface area contributed by atoms with E-state index >= 15 is 0 Å². The second kappa shape index (κ2) is 7.06. The first-order valence-electron chi connectivity index (χ1n) is 7.71. The summed E-state index contributed by atoms with van der Waals surface area (Å²) in [5, 5.41) is 5.71. The van der Waals surface area contributed by atoms with Gasteiger partial charge in [-0.15, -0.1) is 0 Å². The Morgan fingerprint density at radius 3 is 2.80 bits per heavy atom. The SMILES string of the molecule is COc1ccccc1Nc1nccc(C(=O)NC2CCS(=O)(=O)C2)n1. The Morgan fingerprint density at radius 2 is 2.08 bits per heavy atom. The van der Waals surface area contributed by atoms with E-state index in [1.807, 2.05) is 12.1 Å². The Hall–Kier alpha value is -2.68. The fourth-order valence-corrected chi connectivity index (χ4v) is 4.26. The van der Waals surface area contributed by atoms with Crippen molar-refractivity contribution < 1.29 is 17.9 Å². The lowest BCUT2D eigenvalue weighted by molar-refractivity contribution is 0.0936. The van der Waals surface area contributed by atoms with Crippen molar-refractivity contribution >= 4 is 27.4 Å². The lowest BCUT2D eigenvalue weighted by Crippen LogP contribution is -2.36. The molecule has 0 bridgehead atoms. The summed E-state index contributed by atoms with van der Waals surface area (Å²) in [6.45, 7) is 0. The Morgan fingerprint density at radius 1 is 1.28 bits per heavy atom. The quantitative estimate of drug-likeness (QED) is 0.821. The second-order valence-electron chi connectivity index (χ2n) is 5.66. The molecule has 2 heterocycles. The summed E-state index contributed by atoms with van der Waals surface area (Å²) >= 11 is 0. The molecule has 1 unspecified atom stereocenters. The van der Waals surface area contributed by atoms with Crippen LogP contribution in [-0.4, -0.2) is 49.0 Å². The van der Waals surface area contributed by atoms with E-state index in [0.717, 1.165) is 0 Å². The van der Waals surface area contributed by atoms with Crippen LogP contribution < -0.4 is 15.4 Å². The van der Waals surface area contributed by atoms with Gasteiger partial charge in [0.05, 0.1) is 24.3 Å². The highest BCUT2D eigenvalue weighted by molar-refractivity contribution is 7.91. The lowest BCUT2D eigenvalue weighted by Gasteiger charge is -2.12. The maximum atomic E-state index is 12.3. The van der Waals surface area contributed by atoms with Crippen LogP contribution in [0.4, 0.5) is 11.6 Å². The summed E-state index contributed by atoms with van der Waals surface area (Å²) in [5.74, 6) is 0.513. The summed E-state index contributed by atoms with van der Waals surface area (Å²) < 4.78 is 28.2. The highest BCUT2D eigenvalue weighted by Gasteiger charge is 2.29. The molecule has 2 aromatic rings. The van der Waals surface area contributed by atoms with Gasteiger partial charge in [-0.2, -0.15) is 0 Å². The number of benzene rings is 1. The molecule has 1 saturated heterocycles. The number of methoxy groups -OCH3 is 1. The van der Waals surface area contributed by atoms with Gasteiger partial charge in [0.2, 0.25) is 5.95 Å². The fourth-order valence-electron chi connectivity index (χ4n) is 2.58. The van der Waals surface area contributed by atoms with E-state index in [4.69, 9.17) is 4.74 Å². The van der Waals surface area contributed by atoms with Gasteiger partial charge in [-0.05, 0) is 24.6 Å². The number of carbonyl (C=O) groups excluding carboxylic acids is 1. The molecule has 0 spiro atoms. The van der Waals surface area contributed by atoms with E-state index in [2.05, 4.69) is 20.6 Å². The van der Waals surface area contributed by atoms with E-state index in [1.54, 1.807) is 19.2 Å². The molecule has 132 valence electrons. The third-order valence-corrected chi connectivity index (χ3v) is 5.58. The molecule has 1 aliphatic rings. The molecule has 1 atom stereocenters. The minimum atomic E-state index is -3.05. The van der Waals surface area contributed by atoms with Crippen molar-refractivity contribution in [3.05, 3.63) is 42.2 Å². The van der Waals surface area contributed by atoms with Crippen LogP contribution in [0.2, 0.25) is 0 Å². The van der Waals surface area contributed by atoms with Crippen molar-refractivity contribution in [1.29, 1.82) is 0 Å². The van der Waals surface area contributed by atoms with Crippen molar-refractivity contribution in [2.24, 2.45) is 0 Å². The number of para-hydroxylation sites is 2. The molecule has 2 N–H and O–H groups in total. The summed E-state index contributed by atoms with van der Waals surface area (Å²) in [6, 6.07) is 8.37. The van der Waals surface area contributed by atoms with Crippen LogP contribution in [0.1, 0.15) is 16.9 Å². The van der Waals surface area contributed by atoms with E-state index in [0.29, 0.717) is 17.9 Å². The van der Waals surface area contributed by atoms with Gasteiger partial charge < -0.3 is 15.4 Å². The Kier molecular flexibility index (Phi) is 4.84. The minimum absolute atomic E-state index is 0.0316. The Labute approximate surface area is 145 Å². The summed E-state index contributed by atoms with van der Waals surface area (Å²) in [4.78, 5) is 20.6. The van der Waals surface area contributed by atoms with Gasteiger partial charge in [0.15, 0.2) is 9.84 Å². The van der Waals surface area contributed by atoms with Crippen molar-refractivity contribution in [3.8, 4) is 5.75 Å². The van der Waals surface area contributed by atoms with Gasteiger partial charge in [-0.1, -0.05) is 12.1 Å². The minimum Gasteiger partial charge on any atom is -0.495 e. The van der Waals surface area contributed by atoms with Gasteiger partial charge >= 0.3 is 0 Å². The number of rotatable bonds is 5. The highest BCUT2D eigenvalue weighted by Crippen LogP contribution is 2.25. The third kappa shape index (κ3) is 4.24. The molecule has 1 aromatic heterocycles. The van der Waals surface area contributed by atoms with Gasteiger partial charge in [0, 0.05) is 12.2 Å². The molecule has 0 saturated carbocycles. The maximum absolute atomic E-state index is 12.3. The zero-order valence-corrected chi connectivity index (χ0v) is 14.4. The van der Waals surface area contributed by atoms with Crippen LogP contribution in [0.15, 0.2) is 36.5 Å². The van der Waals surface area contributed by atoms with Crippen LogP contribution in [-0.2, 0) is 9.84 Å². The van der Waals surface area contributed by atoms with Crippen molar-refractivity contribution in [2.75, 3.05) is 23.9 Å². The van der Waals surface area contributed by atoms with Crippen molar-refractivity contribution in [2.45, 2.75) is 12.5 Å². The van der Waals surface area contributed by atoms with E-state index in [-0.39, 0.29) is 29.2 Å². The molecule has 8 nitrogen and oxygen atoms in total. The van der Waals surface area contributed by atoms with Crippen LogP contribution in [0, 0.1) is 0 Å². The summed E-state index contributed by atoms with van der Waals surface area (Å²) in [7, 11) is -1.50. The summed E-state index contributed by atoms with van der Waals surface area (Å²) in [5.41, 5.74) is 0.834. The zero-order chi connectivity index (χ0) is 17.9. The Balaban J connectivity index is 1.72. The summed E-state index contributed by atoms with van der Waals surface area (Å²) in [6.07, 6.45) is 1.89.